The molecule has 4 unspecified atom stereocenters. The quantitative estimate of drug-likeness (QED) is 0.655. The first-order valence-corrected chi connectivity index (χ1v) is 5.70. The van der Waals surface area contributed by atoms with Crippen LogP contribution in [0.25, 0.3) is 0 Å². The van der Waals surface area contributed by atoms with Crippen molar-refractivity contribution in [1.29, 1.82) is 0 Å². The Hall–Kier alpha value is -0.520. The average Bonchev–Trinajstić information content (AvgIpc) is 2.74. The lowest BCUT2D eigenvalue weighted by atomic mass is 9.95. The molecule has 4 atom stereocenters. The highest BCUT2D eigenvalue weighted by Gasteiger charge is 2.43. The molecule has 0 aromatic rings. The number of nitrogens with one attached hydrogen (secondary N) is 1. The molecule has 0 aromatic heterocycles. The van der Waals surface area contributed by atoms with E-state index in [1.54, 1.807) is 0 Å². The van der Waals surface area contributed by atoms with Gasteiger partial charge < -0.3 is 5.32 Å². The summed E-state index contributed by atoms with van der Waals surface area (Å²) in [5.74, 6) is 4.59. The molecule has 0 bridgehead atoms. The van der Waals surface area contributed by atoms with Crippen LogP contribution in [0, 0.1) is 24.2 Å². The van der Waals surface area contributed by atoms with Crippen molar-refractivity contribution in [2.45, 2.75) is 32.4 Å². The minimum absolute atomic E-state index is 0.357. The second kappa shape index (κ2) is 3.92. The maximum Gasteiger partial charge on any atom is 0.0711 e. The van der Waals surface area contributed by atoms with Gasteiger partial charge in [-0.25, -0.2) is 0 Å². The van der Waals surface area contributed by atoms with Crippen LogP contribution < -0.4 is 5.32 Å². The van der Waals surface area contributed by atoms with Crippen molar-refractivity contribution >= 4 is 0 Å². The van der Waals surface area contributed by atoms with E-state index in [2.05, 4.69) is 30.0 Å². The van der Waals surface area contributed by atoms with Gasteiger partial charge in [-0.15, -0.1) is 6.42 Å². The predicted octanol–water partition coefficient (Wildman–Crippen LogP) is 0.938. The van der Waals surface area contributed by atoms with E-state index in [1.165, 1.54) is 19.6 Å². The first-order chi connectivity index (χ1) is 6.77. The second-order valence-corrected chi connectivity index (χ2v) is 4.61. The third kappa shape index (κ3) is 1.45. The molecule has 2 aliphatic rings. The van der Waals surface area contributed by atoms with Crippen LogP contribution in [0.1, 0.15) is 20.3 Å². The first kappa shape index (κ1) is 10.0. The van der Waals surface area contributed by atoms with E-state index in [4.69, 9.17) is 6.42 Å². The van der Waals surface area contributed by atoms with E-state index in [0.29, 0.717) is 12.1 Å². The van der Waals surface area contributed by atoms with Crippen molar-refractivity contribution in [3.63, 3.8) is 0 Å². The Kier molecular flexibility index (Phi) is 2.80. The number of nitrogens with zero attached hydrogens (tertiary/aromatic N) is 1. The Bertz CT molecular complexity index is 243. The third-order valence-electron chi connectivity index (χ3n) is 3.96. The zero-order chi connectivity index (χ0) is 10.1. The zero-order valence-electron chi connectivity index (χ0n) is 9.16. The molecule has 2 saturated heterocycles. The van der Waals surface area contributed by atoms with Crippen LogP contribution in [0.5, 0.6) is 0 Å². The topological polar surface area (TPSA) is 15.3 Å². The SMILES string of the molecule is C#CC(CC)N1CC2CNCC2C1C. The van der Waals surface area contributed by atoms with E-state index < -0.39 is 0 Å². The number of likely N-dealkylation sites (tertiary alicyclic amines) is 1. The third-order valence-corrected chi connectivity index (χ3v) is 3.96. The molecule has 2 nitrogen and oxygen atoms in total. The molecule has 0 amide bonds. The minimum Gasteiger partial charge on any atom is -0.316 e. The summed E-state index contributed by atoms with van der Waals surface area (Å²) < 4.78 is 0. The standard InChI is InChI=1S/C12H20N2/c1-4-11(5-2)14-8-10-6-13-7-12(10)9(14)3/h1,9-13H,5-8H2,2-3H3. The largest absolute Gasteiger partial charge is 0.316 e. The molecular formula is C12H20N2. The maximum atomic E-state index is 5.57. The number of hydrogen-bond acceptors (Lipinski definition) is 2. The smallest absolute Gasteiger partial charge is 0.0711 e. The van der Waals surface area contributed by atoms with Gasteiger partial charge in [0, 0.05) is 12.6 Å². The van der Waals surface area contributed by atoms with Crippen LogP contribution in [-0.4, -0.2) is 36.6 Å². The summed E-state index contributed by atoms with van der Waals surface area (Å²) in [6.45, 7) is 8.08. The minimum atomic E-state index is 0.357. The molecule has 2 rings (SSSR count). The Morgan fingerprint density at radius 1 is 1.57 bits per heavy atom. The van der Waals surface area contributed by atoms with Gasteiger partial charge >= 0.3 is 0 Å². The molecular weight excluding hydrogens is 172 g/mol. The van der Waals surface area contributed by atoms with E-state index in [9.17, 15) is 0 Å². The van der Waals surface area contributed by atoms with E-state index in [-0.39, 0.29) is 0 Å². The summed E-state index contributed by atoms with van der Waals surface area (Å²) in [4.78, 5) is 2.52. The average molecular weight is 192 g/mol. The monoisotopic (exact) mass is 192 g/mol. The Morgan fingerprint density at radius 2 is 2.36 bits per heavy atom. The number of terminal acetylenes is 1. The van der Waals surface area contributed by atoms with Gasteiger partial charge in [0.2, 0.25) is 0 Å². The fourth-order valence-corrected chi connectivity index (χ4v) is 3.06. The molecule has 2 aliphatic heterocycles. The molecule has 0 aliphatic carbocycles. The molecule has 2 heteroatoms. The molecule has 0 saturated carbocycles. The maximum absolute atomic E-state index is 5.57. The number of hydrogen-bond donors (Lipinski definition) is 1. The van der Waals surface area contributed by atoms with Gasteiger partial charge in [-0.05, 0) is 38.3 Å². The Morgan fingerprint density at radius 3 is 2.93 bits per heavy atom. The summed E-state index contributed by atoms with van der Waals surface area (Å²) in [5.41, 5.74) is 0. The van der Waals surface area contributed by atoms with Gasteiger partial charge in [-0.2, -0.15) is 0 Å². The number of rotatable bonds is 2. The fraction of sp³-hybridized carbons (Fsp3) is 0.833. The van der Waals surface area contributed by atoms with Crippen LogP contribution in [0.4, 0.5) is 0 Å². The number of fused-ring (bicyclic) bond motifs is 1. The zero-order valence-corrected chi connectivity index (χ0v) is 9.16. The van der Waals surface area contributed by atoms with Crippen molar-refractivity contribution in [1.82, 2.24) is 10.2 Å². The molecule has 78 valence electrons. The second-order valence-electron chi connectivity index (χ2n) is 4.61. The highest BCUT2D eigenvalue weighted by atomic mass is 15.2. The molecule has 0 aromatic carbocycles. The van der Waals surface area contributed by atoms with Crippen molar-refractivity contribution < 1.29 is 0 Å². The van der Waals surface area contributed by atoms with Crippen molar-refractivity contribution in [3.05, 3.63) is 0 Å². The lowest BCUT2D eigenvalue weighted by Crippen LogP contribution is -2.40. The molecule has 0 radical (unpaired) electrons. The van der Waals surface area contributed by atoms with Crippen LogP contribution in [0.2, 0.25) is 0 Å². The van der Waals surface area contributed by atoms with Gasteiger partial charge in [-0.3, -0.25) is 4.90 Å². The molecule has 14 heavy (non-hydrogen) atoms. The van der Waals surface area contributed by atoms with Crippen LogP contribution >= 0.6 is 0 Å². The van der Waals surface area contributed by atoms with Gasteiger partial charge in [0.25, 0.3) is 0 Å². The summed E-state index contributed by atoms with van der Waals surface area (Å²) in [5, 5.41) is 3.47. The van der Waals surface area contributed by atoms with Crippen LogP contribution in [-0.2, 0) is 0 Å². The van der Waals surface area contributed by atoms with E-state index in [1.807, 2.05) is 0 Å². The predicted molar refractivity (Wildman–Crippen MR) is 58.9 cm³/mol. The van der Waals surface area contributed by atoms with Gasteiger partial charge in [-0.1, -0.05) is 12.8 Å². The highest BCUT2D eigenvalue weighted by Crippen LogP contribution is 2.33. The van der Waals surface area contributed by atoms with Gasteiger partial charge in [0.15, 0.2) is 0 Å². The van der Waals surface area contributed by atoms with Crippen molar-refractivity contribution in [3.8, 4) is 12.3 Å². The van der Waals surface area contributed by atoms with Crippen LogP contribution in [0.15, 0.2) is 0 Å². The highest BCUT2D eigenvalue weighted by molar-refractivity contribution is 5.06. The summed E-state index contributed by atoms with van der Waals surface area (Å²) >= 11 is 0. The van der Waals surface area contributed by atoms with Crippen molar-refractivity contribution in [2.75, 3.05) is 19.6 Å². The Labute approximate surface area is 87.1 Å². The summed E-state index contributed by atoms with van der Waals surface area (Å²) in [6, 6.07) is 1.02. The fourth-order valence-electron chi connectivity index (χ4n) is 3.06. The van der Waals surface area contributed by atoms with Crippen molar-refractivity contribution in [2.24, 2.45) is 11.8 Å². The lowest BCUT2D eigenvalue weighted by molar-refractivity contribution is 0.201. The molecule has 2 heterocycles. The molecule has 0 spiro atoms. The van der Waals surface area contributed by atoms with Gasteiger partial charge in [0.1, 0.15) is 0 Å². The summed E-state index contributed by atoms with van der Waals surface area (Å²) in [6.07, 6.45) is 6.65. The summed E-state index contributed by atoms with van der Waals surface area (Å²) in [7, 11) is 0. The van der Waals surface area contributed by atoms with Crippen LogP contribution in [0.3, 0.4) is 0 Å². The normalized spacial score (nSPS) is 39.4. The Balaban J connectivity index is 2.06. The molecule has 1 N–H and O–H groups in total. The van der Waals surface area contributed by atoms with E-state index >= 15 is 0 Å². The molecule has 2 fully saturated rings. The van der Waals surface area contributed by atoms with E-state index in [0.717, 1.165) is 18.3 Å². The lowest BCUT2D eigenvalue weighted by Gasteiger charge is -2.28. The first-order valence-electron chi connectivity index (χ1n) is 5.70. The van der Waals surface area contributed by atoms with Gasteiger partial charge in [0.05, 0.1) is 6.04 Å².